The lowest BCUT2D eigenvalue weighted by Crippen LogP contribution is -2.50. The van der Waals surface area contributed by atoms with Gasteiger partial charge in [-0.2, -0.15) is 0 Å². The molecule has 1 aromatic carbocycles. The SMILES string of the molecule is Cc1cccc2ncnc(N3CC(C(=O)O)C3)c12. The van der Waals surface area contributed by atoms with Crippen molar-refractivity contribution in [2.45, 2.75) is 6.92 Å². The summed E-state index contributed by atoms with van der Waals surface area (Å²) in [4.78, 5) is 21.4. The van der Waals surface area contributed by atoms with Crippen LogP contribution in [0.3, 0.4) is 0 Å². The van der Waals surface area contributed by atoms with Crippen molar-refractivity contribution in [3.63, 3.8) is 0 Å². The number of hydrogen-bond donors (Lipinski definition) is 1. The predicted molar refractivity (Wildman–Crippen MR) is 67.6 cm³/mol. The first-order valence-corrected chi connectivity index (χ1v) is 5.85. The van der Waals surface area contributed by atoms with E-state index in [1.54, 1.807) is 0 Å². The van der Waals surface area contributed by atoms with Crippen LogP contribution in [-0.4, -0.2) is 34.1 Å². The molecule has 5 nitrogen and oxygen atoms in total. The minimum atomic E-state index is -0.735. The molecule has 1 N–H and O–H groups in total. The van der Waals surface area contributed by atoms with Gasteiger partial charge in [-0.05, 0) is 18.6 Å². The van der Waals surface area contributed by atoms with Gasteiger partial charge in [-0.15, -0.1) is 0 Å². The highest BCUT2D eigenvalue weighted by Gasteiger charge is 2.34. The number of benzene rings is 1. The van der Waals surface area contributed by atoms with Gasteiger partial charge < -0.3 is 10.0 Å². The van der Waals surface area contributed by atoms with Crippen LogP contribution in [0.2, 0.25) is 0 Å². The van der Waals surface area contributed by atoms with Crippen molar-refractivity contribution >= 4 is 22.7 Å². The lowest BCUT2D eigenvalue weighted by atomic mass is 9.99. The van der Waals surface area contributed by atoms with E-state index in [4.69, 9.17) is 5.11 Å². The molecule has 1 aliphatic heterocycles. The maximum absolute atomic E-state index is 10.8. The smallest absolute Gasteiger partial charge is 0.310 e. The maximum atomic E-state index is 10.8. The van der Waals surface area contributed by atoms with E-state index in [9.17, 15) is 4.79 Å². The van der Waals surface area contributed by atoms with Crippen LogP contribution in [0.4, 0.5) is 5.82 Å². The number of hydrogen-bond acceptors (Lipinski definition) is 4. The molecule has 0 aliphatic carbocycles. The van der Waals surface area contributed by atoms with Crippen LogP contribution in [-0.2, 0) is 4.79 Å². The van der Waals surface area contributed by atoms with Gasteiger partial charge in [-0.1, -0.05) is 12.1 Å². The summed E-state index contributed by atoms with van der Waals surface area (Å²) >= 11 is 0. The summed E-state index contributed by atoms with van der Waals surface area (Å²) in [6.07, 6.45) is 1.53. The Bertz CT molecular complexity index is 615. The van der Waals surface area contributed by atoms with Gasteiger partial charge in [0.25, 0.3) is 0 Å². The van der Waals surface area contributed by atoms with Gasteiger partial charge in [-0.3, -0.25) is 4.79 Å². The van der Waals surface area contributed by atoms with E-state index < -0.39 is 5.97 Å². The zero-order valence-corrected chi connectivity index (χ0v) is 10.00. The van der Waals surface area contributed by atoms with E-state index in [0.717, 1.165) is 22.3 Å². The highest BCUT2D eigenvalue weighted by atomic mass is 16.4. The zero-order valence-electron chi connectivity index (χ0n) is 10.00. The highest BCUT2D eigenvalue weighted by molar-refractivity contribution is 5.93. The third-order valence-electron chi connectivity index (χ3n) is 3.38. The Morgan fingerprint density at radius 1 is 1.39 bits per heavy atom. The van der Waals surface area contributed by atoms with E-state index >= 15 is 0 Å². The molecular weight excluding hydrogens is 230 g/mol. The van der Waals surface area contributed by atoms with Gasteiger partial charge in [0.15, 0.2) is 0 Å². The lowest BCUT2D eigenvalue weighted by Gasteiger charge is -2.38. The first-order valence-electron chi connectivity index (χ1n) is 5.85. The summed E-state index contributed by atoms with van der Waals surface area (Å²) in [5.74, 6) is -0.170. The first kappa shape index (κ1) is 11.0. The summed E-state index contributed by atoms with van der Waals surface area (Å²) in [5, 5.41) is 9.92. The van der Waals surface area contributed by atoms with E-state index in [2.05, 4.69) is 9.97 Å². The number of nitrogens with zero attached hydrogens (tertiary/aromatic N) is 3. The molecule has 0 amide bonds. The van der Waals surface area contributed by atoms with Crippen LogP contribution in [0, 0.1) is 12.8 Å². The molecule has 5 heteroatoms. The number of aryl methyl sites for hydroxylation is 1. The van der Waals surface area contributed by atoms with Crippen molar-refractivity contribution in [2.24, 2.45) is 5.92 Å². The minimum absolute atomic E-state index is 0.279. The zero-order chi connectivity index (χ0) is 12.7. The van der Waals surface area contributed by atoms with Gasteiger partial charge in [-0.25, -0.2) is 9.97 Å². The number of rotatable bonds is 2. The second-order valence-electron chi connectivity index (χ2n) is 4.61. The van der Waals surface area contributed by atoms with Gasteiger partial charge in [0.1, 0.15) is 12.1 Å². The second-order valence-corrected chi connectivity index (χ2v) is 4.61. The molecule has 1 aromatic heterocycles. The van der Waals surface area contributed by atoms with Crippen molar-refractivity contribution in [1.82, 2.24) is 9.97 Å². The summed E-state index contributed by atoms with van der Waals surface area (Å²) in [7, 11) is 0. The molecule has 1 fully saturated rings. The van der Waals surface area contributed by atoms with Gasteiger partial charge in [0.05, 0.1) is 11.4 Å². The van der Waals surface area contributed by atoms with Crippen molar-refractivity contribution in [3.05, 3.63) is 30.1 Å². The molecule has 0 saturated carbocycles. The molecule has 1 saturated heterocycles. The fraction of sp³-hybridized carbons (Fsp3) is 0.308. The monoisotopic (exact) mass is 243 g/mol. The Hall–Kier alpha value is -2.17. The molecule has 0 unspecified atom stereocenters. The second kappa shape index (κ2) is 3.94. The van der Waals surface area contributed by atoms with Gasteiger partial charge in [0, 0.05) is 18.5 Å². The average Bonchev–Trinajstić information content (AvgIpc) is 2.27. The molecule has 0 spiro atoms. The Balaban J connectivity index is 2.01. The largest absolute Gasteiger partial charge is 0.481 e. The maximum Gasteiger partial charge on any atom is 0.310 e. The molecular formula is C13H13N3O2. The number of carbonyl (C=O) groups is 1. The third-order valence-corrected chi connectivity index (χ3v) is 3.38. The molecule has 1 aliphatic rings. The summed E-state index contributed by atoms with van der Waals surface area (Å²) < 4.78 is 0. The average molecular weight is 243 g/mol. The number of anilines is 1. The Morgan fingerprint density at radius 2 is 2.17 bits per heavy atom. The molecule has 2 heterocycles. The van der Waals surface area contributed by atoms with E-state index in [0.29, 0.717) is 13.1 Å². The van der Waals surface area contributed by atoms with Crippen LogP contribution in [0.25, 0.3) is 10.9 Å². The Labute approximate surface area is 104 Å². The van der Waals surface area contributed by atoms with Crippen molar-refractivity contribution in [1.29, 1.82) is 0 Å². The fourth-order valence-electron chi connectivity index (χ4n) is 2.31. The lowest BCUT2D eigenvalue weighted by molar-refractivity contribution is -0.142. The number of carboxylic acid groups (broad SMARTS) is 1. The number of carboxylic acids is 1. The first-order chi connectivity index (χ1) is 8.66. The Morgan fingerprint density at radius 3 is 2.89 bits per heavy atom. The summed E-state index contributed by atoms with van der Waals surface area (Å²) in [6.45, 7) is 3.06. The van der Waals surface area contributed by atoms with Gasteiger partial charge in [0.2, 0.25) is 0 Å². The topological polar surface area (TPSA) is 66.3 Å². The van der Waals surface area contributed by atoms with E-state index in [-0.39, 0.29) is 5.92 Å². The van der Waals surface area contributed by atoms with Crippen LogP contribution in [0.1, 0.15) is 5.56 Å². The molecule has 2 aromatic rings. The summed E-state index contributed by atoms with van der Waals surface area (Å²) in [6, 6.07) is 5.93. The summed E-state index contributed by atoms with van der Waals surface area (Å²) in [5.41, 5.74) is 2.01. The van der Waals surface area contributed by atoms with Crippen LogP contribution in [0.5, 0.6) is 0 Å². The molecule has 18 heavy (non-hydrogen) atoms. The standard InChI is InChI=1S/C13H13N3O2/c1-8-3-2-4-10-11(8)12(15-7-14-10)16-5-9(6-16)13(17)18/h2-4,7,9H,5-6H2,1H3,(H,17,18). The normalized spacial score (nSPS) is 15.7. The van der Waals surface area contributed by atoms with Crippen LogP contribution in [0.15, 0.2) is 24.5 Å². The van der Waals surface area contributed by atoms with Crippen LogP contribution < -0.4 is 4.90 Å². The molecule has 3 rings (SSSR count). The van der Waals surface area contributed by atoms with Crippen molar-refractivity contribution in [3.8, 4) is 0 Å². The molecule has 0 bridgehead atoms. The van der Waals surface area contributed by atoms with Gasteiger partial charge >= 0.3 is 5.97 Å². The predicted octanol–water partition coefficient (Wildman–Crippen LogP) is 1.46. The molecule has 0 atom stereocenters. The minimum Gasteiger partial charge on any atom is -0.481 e. The van der Waals surface area contributed by atoms with Crippen molar-refractivity contribution in [2.75, 3.05) is 18.0 Å². The number of aliphatic carboxylic acids is 1. The fourth-order valence-corrected chi connectivity index (χ4v) is 2.31. The highest BCUT2D eigenvalue weighted by Crippen LogP contribution is 2.30. The van der Waals surface area contributed by atoms with Crippen LogP contribution >= 0.6 is 0 Å². The van der Waals surface area contributed by atoms with Crippen molar-refractivity contribution < 1.29 is 9.90 Å². The van der Waals surface area contributed by atoms with E-state index in [1.807, 2.05) is 30.0 Å². The third kappa shape index (κ3) is 1.59. The molecule has 0 radical (unpaired) electrons. The number of fused-ring (bicyclic) bond motifs is 1. The number of aromatic nitrogens is 2. The Kier molecular flexibility index (Phi) is 2.40. The quantitative estimate of drug-likeness (QED) is 0.865. The molecule has 92 valence electrons. The van der Waals surface area contributed by atoms with E-state index in [1.165, 1.54) is 6.33 Å².